The van der Waals surface area contributed by atoms with Crippen LogP contribution in [0.25, 0.3) is 5.76 Å². The summed E-state index contributed by atoms with van der Waals surface area (Å²) < 4.78 is 6.48. The van der Waals surface area contributed by atoms with E-state index in [1.807, 2.05) is 0 Å². The first-order valence-electron chi connectivity index (χ1n) is 15.4. The van der Waals surface area contributed by atoms with Crippen molar-refractivity contribution in [1.29, 1.82) is 0 Å². The summed E-state index contributed by atoms with van der Waals surface area (Å²) in [6, 6.07) is 3.24. The molecule has 5 fully saturated rings. The van der Waals surface area contributed by atoms with Gasteiger partial charge >= 0.3 is 5.97 Å². The van der Waals surface area contributed by atoms with Crippen LogP contribution in [-0.4, -0.2) is 80.6 Å². The molecule has 234 valence electrons. The zero-order chi connectivity index (χ0) is 31.6. The van der Waals surface area contributed by atoms with E-state index in [9.17, 15) is 39.6 Å². The van der Waals surface area contributed by atoms with Crippen molar-refractivity contribution in [2.24, 2.45) is 40.7 Å². The molecule has 11 nitrogen and oxygen atoms in total. The first-order valence-corrected chi connectivity index (χ1v) is 15.4. The number of primary amides is 1. The van der Waals surface area contributed by atoms with Gasteiger partial charge in [0.15, 0.2) is 11.4 Å². The zero-order valence-electron chi connectivity index (χ0n) is 24.9. The van der Waals surface area contributed by atoms with Crippen molar-refractivity contribution >= 4 is 29.2 Å². The third-order valence-electron chi connectivity index (χ3n) is 11.7. The van der Waals surface area contributed by atoms with Gasteiger partial charge in [-0.3, -0.25) is 24.1 Å². The molecule has 0 aromatic heterocycles. The smallest absolute Gasteiger partial charge is 0.312 e. The lowest BCUT2D eigenvalue weighted by Gasteiger charge is -2.57. The fraction of sp³-hybridized carbons (Fsp3) is 0.576. The van der Waals surface area contributed by atoms with Gasteiger partial charge in [0.05, 0.1) is 22.9 Å². The number of phenols is 1. The van der Waals surface area contributed by atoms with E-state index in [1.54, 1.807) is 19.1 Å². The average molecular weight is 607 g/mol. The van der Waals surface area contributed by atoms with Crippen LogP contribution in [-0.2, 0) is 23.9 Å². The molecule has 0 radical (unpaired) electrons. The van der Waals surface area contributed by atoms with Gasteiger partial charge in [0, 0.05) is 11.5 Å². The number of benzene rings is 1. The van der Waals surface area contributed by atoms with Crippen LogP contribution in [0, 0.1) is 35.0 Å². The maximum Gasteiger partial charge on any atom is 0.312 e. The zero-order valence-corrected chi connectivity index (χ0v) is 24.9. The van der Waals surface area contributed by atoms with Crippen LogP contribution >= 0.6 is 0 Å². The van der Waals surface area contributed by atoms with Gasteiger partial charge in [-0.25, -0.2) is 0 Å². The predicted octanol–water partition coefficient (Wildman–Crippen LogP) is 2.26. The van der Waals surface area contributed by atoms with E-state index in [4.69, 9.17) is 10.5 Å². The molecule has 6 N–H and O–H groups in total. The van der Waals surface area contributed by atoms with Crippen molar-refractivity contribution in [3.8, 4) is 5.75 Å². The third-order valence-corrected chi connectivity index (χ3v) is 11.7. The Morgan fingerprint density at radius 3 is 2.14 bits per heavy atom. The highest BCUT2D eigenvalue weighted by Gasteiger charge is 2.70. The Morgan fingerprint density at radius 1 is 1.00 bits per heavy atom. The number of carbonyl (C=O) groups excluding carboxylic acids is 4. The van der Waals surface area contributed by atoms with Crippen LogP contribution in [0.15, 0.2) is 35.1 Å². The summed E-state index contributed by atoms with van der Waals surface area (Å²) in [4.78, 5) is 56.6. The van der Waals surface area contributed by atoms with Crippen molar-refractivity contribution in [1.82, 2.24) is 4.90 Å². The number of aliphatic hydroxyl groups is 3. The minimum absolute atomic E-state index is 0.0116. The second-order valence-corrected chi connectivity index (χ2v) is 14.4. The van der Waals surface area contributed by atoms with Gasteiger partial charge in [-0.05, 0) is 87.9 Å². The molecule has 6 atom stereocenters. The van der Waals surface area contributed by atoms with Gasteiger partial charge in [-0.15, -0.1) is 0 Å². The molecule has 0 saturated heterocycles. The van der Waals surface area contributed by atoms with Gasteiger partial charge in [-0.1, -0.05) is 19.1 Å². The Labute approximate surface area is 254 Å². The van der Waals surface area contributed by atoms with Crippen molar-refractivity contribution in [2.75, 3.05) is 14.1 Å². The number of ether oxygens (including phenoxy) is 1. The van der Waals surface area contributed by atoms with E-state index in [2.05, 4.69) is 0 Å². The number of hydrogen-bond acceptors (Lipinski definition) is 10. The van der Waals surface area contributed by atoms with Crippen molar-refractivity contribution in [3.05, 3.63) is 46.2 Å². The quantitative estimate of drug-likeness (QED) is 0.251. The lowest BCUT2D eigenvalue weighted by molar-refractivity contribution is -0.200. The van der Waals surface area contributed by atoms with E-state index in [0.29, 0.717) is 42.6 Å². The SMILES string of the molecule is C[C@@H]1c2cccc(O)c2C(O)=C2C(=O)[C@@]3(O)C(O)=C(C(N)=O)C(=O)[C@H](N(C)C)[C@H]3[C@H](OC(=O)C34CC5CC(CC(C5)C3)C4)[C@H]21. The van der Waals surface area contributed by atoms with Crippen molar-refractivity contribution in [3.63, 3.8) is 0 Å². The summed E-state index contributed by atoms with van der Waals surface area (Å²) in [7, 11) is 3.04. The number of esters is 1. The van der Waals surface area contributed by atoms with Gasteiger partial charge in [0.1, 0.15) is 28.9 Å². The van der Waals surface area contributed by atoms with Crippen LogP contribution in [0.4, 0.5) is 0 Å². The minimum Gasteiger partial charge on any atom is -0.508 e. The molecule has 11 heteroatoms. The molecule has 44 heavy (non-hydrogen) atoms. The molecule has 0 unspecified atom stereocenters. The van der Waals surface area contributed by atoms with Crippen LogP contribution in [0.5, 0.6) is 5.75 Å². The Morgan fingerprint density at radius 2 is 1.59 bits per heavy atom. The average Bonchev–Trinajstić information content (AvgIpc) is 2.93. The van der Waals surface area contributed by atoms with Crippen molar-refractivity contribution in [2.45, 2.75) is 69.1 Å². The Balaban J connectivity index is 1.45. The number of carbonyl (C=O) groups is 4. The molecule has 1 aromatic carbocycles. The van der Waals surface area contributed by atoms with E-state index >= 15 is 0 Å². The molecule has 0 spiro atoms. The molecule has 0 aliphatic heterocycles. The Bertz CT molecular complexity index is 1560. The summed E-state index contributed by atoms with van der Waals surface area (Å²) in [6.07, 6.45) is 3.90. The first kappa shape index (κ1) is 29.0. The number of nitrogens with zero attached hydrogens (tertiary/aromatic N) is 1. The molecule has 4 bridgehead atoms. The highest BCUT2D eigenvalue weighted by Crippen LogP contribution is 2.62. The highest BCUT2D eigenvalue weighted by molar-refractivity contribution is 6.24. The standard InChI is InChI=1S/C33H38N2O9/c1-13-17-5-4-6-18(36)20(17)25(37)21-19(13)27(44-31(42)32-10-14-7-15(11-32)9-16(8-14)12-32)23-24(35(2)3)26(38)22(30(34)41)29(40)33(23,43)28(21)39/h4-6,13-16,19,23-24,27,36-37,40,43H,7-12H2,1-3H3,(H2,34,41)/t13-,14?,15?,16?,19+,23+,24-,27-,32?,33-/m1/s1. The molecular formula is C33H38N2O9. The van der Waals surface area contributed by atoms with E-state index < -0.39 is 81.4 Å². The highest BCUT2D eigenvalue weighted by atomic mass is 16.5. The number of rotatable bonds is 4. The number of Topliss-reactive ketones (excluding diaryl/α,β-unsaturated/α-hetero) is 2. The number of nitrogens with two attached hydrogens (primary N) is 1. The molecule has 0 heterocycles. The first-order chi connectivity index (χ1) is 20.7. The number of aromatic hydroxyl groups is 1. The van der Waals surface area contributed by atoms with Crippen LogP contribution in [0.1, 0.15) is 62.5 Å². The molecule has 8 rings (SSSR count). The second-order valence-electron chi connectivity index (χ2n) is 14.4. The second kappa shape index (κ2) is 9.40. The number of ketones is 2. The lowest BCUT2D eigenvalue weighted by atomic mass is 9.49. The van der Waals surface area contributed by atoms with Crippen LogP contribution < -0.4 is 5.73 Å². The summed E-state index contributed by atoms with van der Waals surface area (Å²) in [6.45, 7) is 1.76. The number of likely N-dealkylation sites (N-methyl/N-ethyl adjacent to an activating group) is 1. The minimum atomic E-state index is -2.94. The monoisotopic (exact) mass is 606 g/mol. The van der Waals surface area contributed by atoms with Gasteiger partial charge < -0.3 is 30.9 Å². The maximum atomic E-state index is 14.4. The molecule has 1 amide bonds. The fourth-order valence-electron chi connectivity index (χ4n) is 10.3. The summed E-state index contributed by atoms with van der Waals surface area (Å²) in [5.41, 5.74) is 1.01. The van der Waals surface area contributed by atoms with Crippen molar-refractivity contribution < 1.29 is 44.3 Å². The van der Waals surface area contributed by atoms with E-state index in [0.717, 1.165) is 19.3 Å². The van der Waals surface area contributed by atoms with Gasteiger partial charge in [-0.2, -0.15) is 0 Å². The normalized spacial score (nSPS) is 40.6. The summed E-state index contributed by atoms with van der Waals surface area (Å²) in [5, 5.41) is 46.0. The molecule has 1 aromatic rings. The number of aliphatic hydroxyl groups excluding tert-OH is 2. The Kier molecular flexibility index (Phi) is 6.21. The topological polar surface area (TPSA) is 188 Å². The number of phenolic OH excluding ortho intramolecular Hbond substituents is 1. The van der Waals surface area contributed by atoms with Gasteiger partial charge in [0.2, 0.25) is 5.78 Å². The van der Waals surface area contributed by atoms with Crippen LogP contribution in [0.2, 0.25) is 0 Å². The molecular weight excluding hydrogens is 568 g/mol. The maximum absolute atomic E-state index is 14.4. The molecule has 5 saturated carbocycles. The number of amides is 1. The Hall–Kier alpha value is -3.70. The fourth-order valence-corrected chi connectivity index (χ4v) is 10.3. The van der Waals surface area contributed by atoms with Crippen LogP contribution in [0.3, 0.4) is 0 Å². The lowest BCUT2D eigenvalue weighted by Crippen LogP contribution is -2.71. The van der Waals surface area contributed by atoms with E-state index in [1.165, 1.54) is 25.1 Å². The van der Waals surface area contributed by atoms with E-state index in [-0.39, 0.29) is 16.9 Å². The van der Waals surface area contributed by atoms with Gasteiger partial charge in [0.25, 0.3) is 5.91 Å². The third kappa shape index (κ3) is 3.62. The summed E-state index contributed by atoms with van der Waals surface area (Å²) in [5.74, 6) is -7.99. The molecule has 7 aliphatic carbocycles. The predicted molar refractivity (Wildman–Crippen MR) is 155 cm³/mol. The summed E-state index contributed by atoms with van der Waals surface area (Å²) >= 11 is 0. The largest absolute Gasteiger partial charge is 0.508 e. The number of hydrogen-bond donors (Lipinski definition) is 5. The molecule has 7 aliphatic rings. The number of fused-ring (bicyclic) bond motifs is 3.